The van der Waals surface area contributed by atoms with Gasteiger partial charge in [-0.15, -0.1) is 0 Å². The number of ether oxygens (including phenoxy) is 1. The van der Waals surface area contributed by atoms with Crippen molar-refractivity contribution in [2.24, 2.45) is 0 Å². The van der Waals surface area contributed by atoms with Crippen LogP contribution in [0.3, 0.4) is 0 Å². The Bertz CT molecular complexity index is 589. The minimum absolute atomic E-state index is 0.404. The van der Waals surface area contributed by atoms with E-state index in [1.807, 2.05) is 29.2 Å². The van der Waals surface area contributed by atoms with Crippen molar-refractivity contribution in [3.05, 3.63) is 30.2 Å². The molecule has 112 valence electrons. The molecule has 0 amide bonds. The molecule has 1 fully saturated rings. The van der Waals surface area contributed by atoms with Gasteiger partial charge in [-0.25, -0.2) is 0 Å². The molecule has 0 unspecified atom stereocenters. The summed E-state index contributed by atoms with van der Waals surface area (Å²) in [6, 6.07) is 7.38. The maximum Gasteiger partial charge on any atom is 0.241 e. The normalized spacial score (nSPS) is 22.6. The van der Waals surface area contributed by atoms with Crippen molar-refractivity contribution in [1.82, 2.24) is 15.0 Å². The third-order valence-electron chi connectivity index (χ3n) is 3.51. The van der Waals surface area contributed by atoms with Crippen LogP contribution in [0.5, 0.6) is 5.75 Å². The Kier molecular flexibility index (Phi) is 3.87. The molecule has 0 radical (unpaired) electrons. The lowest BCUT2D eigenvalue weighted by molar-refractivity contribution is 0.0572. The number of aliphatic hydroxyl groups is 2. The Hall–Kier alpha value is -1.96. The fraction of sp³-hybridized carbons (Fsp3) is 0.429. The zero-order valence-corrected chi connectivity index (χ0v) is 11.6. The summed E-state index contributed by atoms with van der Waals surface area (Å²) in [7, 11) is 1.61. The van der Waals surface area contributed by atoms with E-state index >= 15 is 0 Å². The molecule has 7 nitrogen and oxygen atoms in total. The molecule has 3 rings (SSSR count). The fourth-order valence-corrected chi connectivity index (χ4v) is 2.34. The number of methoxy groups -OCH3 is 1. The Balaban J connectivity index is 1.68. The van der Waals surface area contributed by atoms with Crippen LogP contribution in [-0.2, 0) is 6.54 Å². The molecule has 2 N–H and O–H groups in total. The standard InChI is InChI=1S/C14H17N3O4/c1-20-10-4-2-9(3-5-10)14-15-13(21-16-14)8-17-6-11(18)12(19)7-17/h2-5,11-12,18-19H,6-8H2,1H3/t11-,12+. The van der Waals surface area contributed by atoms with Crippen LogP contribution in [0, 0.1) is 0 Å². The van der Waals surface area contributed by atoms with Gasteiger partial charge < -0.3 is 19.5 Å². The molecule has 21 heavy (non-hydrogen) atoms. The molecule has 0 bridgehead atoms. The van der Waals surface area contributed by atoms with Gasteiger partial charge >= 0.3 is 0 Å². The number of likely N-dealkylation sites (tertiary alicyclic amines) is 1. The van der Waals surface area contributed by atoms with E-state index in [0.717, 1.165) is 11.3 Å². The first-order valence-corrected chi connectivity index (χ1v) is 6.71. The van der Waals surface area contributed by atoms with Crippen molar-refractivity contribution < 1.29 is 19.5 Å². The van der Waals surface area contributed by atoms with Crippen molar-refractivity contribution in [3.8, 4) is 17.1 Å². The van der Waals surface area contributed by atoms with Gasteiger partial charge in [0.2, 0.25) is 11.7 Å². The van der Waals surface area contributed by atoms with E-state index in [-0.39, 0.29) is 0 Å². The highest BCUT2D eigenvalue weighted by Crippen LogP contribution is 2.20. The van der Waals surface area contributed by atoms with E-state index in [1.165, 1.54) is 0 Å². The second kappa shape index (κ2) is 5.80. The molecule has 1 aromatic heterocycles. The van der Waals surface area contributed by atoms with E-state index in [1.54, 1.807) is 7.11 Å². The summed E-state index contributed by atoms with van der Waals surface area (Å²) >= 11 is 0. The lowest BCUT2D eigenvalue weighted by Gasteiger charge is -2.10. The lowest BCUT2D eigenvalue weighted by Crippen LogP contribution is -2.22. The second-order valence-electron chi connectivity index (χ2n) is 5.07. The van der Waals surface area contributed by atoms with Gasteiger partial charge in [0, 0.05) is 18.7 Å². The Morgan fingerprint density at radius 3 is 2.52 bits per heavy atom. The van der Waals surface area contributed by atoms with Gasteiger partial charge in [0.05, 0.1) is 25.9 Å². The lowest BCUT2D eigenvalue weighted by atomic mass is 10.2. The van der Waals surface area contributed by atoms with E-state index < -0.39 is 12.2 Å². The van der Waals surface area contributed by atoms with E-state index in [4.69, 9.17) is 9.26 Å². The third kappa shape index (κ3) is 3.05. The number of nitrogens with zero attached hydrogens (tertiary/aromatic N) is 3. The molecular weight excluding hydrogens is 274 g/mol. The topological polar surface area (TPSA) is 91.9 Å². The molecule has 2 atom stereocenters. The first-order valence-electron chi connectivity index (χ1n) is 6.71. The summed E-state index contributed by atoms with van der Waals surface area (Å²) in [4.78, 5) is 6.20. The number of β-amino-alcohol motifs (C(OH)–C–C–N with tert-alkyl or cyclic N) is 2. The molecule has 1 saturated heterocycles. The second-order valence-corrected chi connectivity index (χ2v) is 5.07. The van der Waals surface area contributed by atoms with Gasteiger partial charge in [0.15, 0.2) is 0 Å². The molecular formula is C14H17N3O4. The third-order valence-corrected chi connectivity index (χ3v) is 3.51. The maximum absolute atomic E-state index is 9.51. The van der Waals surface area contributed by atoms with Crippen molar-refractivity contribution >= 4 is 0 Å². The first-order chi connectivity index (χ1) is 10.2. The smallest absolute Gasteiger partial charge is 0.241 e. The van der Waals surface area contributed by atoms with E-state index in [9.17, 15) is 10.2 Å². The number of rotatable bonds is 4. The minimum atomic E-state index is -0.714. The summed E-state index contributed by atoms with van der Waals surface area (Å²) in [6.07, 6.45) is -1.43. The number of benzene rings is 1. The zero-order valence-electron chi connectivity index (χ0n) is 11.6. The summed E-state index contributed by atoms with van der Waals surface area (Å²) in [5.74, 6) is 1.73. The molecule has 7 heteroatoms. The van der Waals surface area contributed by atoms with Crippen molar-refractivity contribution in [3.63, 3.8) is 0 Å². The predicted molar refractivity (Wildman–Crippen MR) is 73.6 cm³/mol. The van der Waals surface area contributed by atoms with Gasteiger partial charge in [-0.1, -0.05) is 5.16 Å². The maximum atomic E-state index is 9.51. The molecule has 0 aliphatic carbocycles. The van der Waals surface area contributed by atoms with Crippen LogP contribution in [0.4, 0.5) is 0 Å². The van der Waals surface area contributed by atoms with Crippen LogP contribution < -0.4 is 4.74 Å². The Morgan fingerprint density at radius 1 is 1.24 bits per heavy atom. The molecule has 1 aromatic carbocycles. The van der Waals surface area contributed by atoms with Gasteiger partial charge in [-0.05, 0) is 24.3 Å². The first kappa shape index (κ1) is 14.0. The predicted octanol–water partition coefficient (Wildman–Crippen LogP) is 0.283. The largest absolute Gasteiger partial charge is 0.497 e. The SMILES string of the molecule is COc1ccc(-c2noc(CN3C[C@@H](O)[C@@H](O)C3)n2)cc1. The highest BCUT2D eigenvalue weighted by atomic mass is 16.5. The summed E-state index contributed by atoms with van der Waals surface area (Å²) in [5.41, 5.74) is 0.840. The zero-order chi connectivity index (χ0) is 14.8. The Labute approximate surface area is 121 Å². The number of hydrogen-bond acceptors (Lipinski definition) is 7. The summed E-state index contributed by atoms with van der Waals surface area (Å²) in [5, 5.41) is 23.0. The molecule has 2 heterocycles. The summed E-state index contributed by atoms with van der Waals surface area (Å²) < 4.78 is 10.3. The number of aliphatic hydroxyl groups excluding tert-OH is 2. The van der Waals surface area contributed by atoms with Crippen LogP contribution in [-0.4, -0.2) is 57.7 Å². The Morgan fingerprint density at radius 2 is 1.90 bits per heavy atom. The van der Waals surface area contributed by atoms with Gasteiger partial charge in [-0.2, -0.15) is 4.98 Å². The molecule has 2 aromatic rings. The molecule has 1 aliphatic heterocycles. The minimum Gasteiger partial charge on any atom is -0.497 e. The van der Waals surface area contributed by atoms with Crippen LogP contribution >= 0.6 is 0 Å². The average molecular weight is 291 g/mol. The van der Waals surface area contributed by atoms with Crippen LogP contribution in [0.15, 0.2) is 28.8 Å². The van der Waals surface area contributed by atoms with E-state index in [2.05, 4.69) is 10.1 Å². The quantitative estimate of drug-likeness (QED) is 0.836. The highest BCUT2D eigenvalue weighted by molar-refractivity contribution is 5.55. The van der Waals surface area contributed by atoms with Crippen molar-refractivity contribution in [2.45, 2.75) is 18.8 Å². The van der Waals surface area contributed by atoms with Crippen molar-refractivity contribution in [1.29, 1.82) is 0 Å². The highest BCUT2D eigenvalue weighted by Gasteiger charge is 2.30. The van der Waals surface area contributed by atoms with Gasteiger partial charge in [0.1, 0.15) is 5.75 Å². The van der Waals surface area contributed by atoms with Crippen molar-refractivity contribution in [2.75, 3.05) is 20.2 Å². The number of hydrogen-bond donors (Lipinski definition) is 2. The molecule has 0 saturated carbocycles. The van der Waals surface area contributed by atoms with Crippen LogP contribution in [0.25, 0.3) is 11.4 Å². The fourth-order valence-electron chi connectivity index (χ4n) is 2.34. The van der Waals surface area contributed by atoms with Crippen LogP contribution in [0.2, 0.25) is 0 Å². The van der Waals surface area contributed by atoms with Gasteiger partial charge in [0.25, 0.3) is 0 Å². The van der Waals surface area contributed by atoms with E-state index in [0.29, 0.717) is 31.3 Å². The molecule has 0 spiro atoms. The van der Waals surface area contributed by atoms with Crippen LogP contribution in [0.1, 0.15) is 5.89 Å². The average Bonchev–Trinajstić information content (AvgIpc) is 3.07. The number of aromatic nitrogens is 2. The summed E-state index contributed by atoms with van der Waals surface area (Å²) in [6.45, 7) is 1.22. The van der Waals surface area contributed by atoms with Gasteiger partial charge in [-0.3, -0.25) is 4.90 Å². The molecule has 1 aliphatic rings. The monoisotopic (exact) mass is 291 g/mol.